The predicted molar refractivity (Wildman–Crippen MR) is 72.6 cm³/mol. The fourth-order valence-electron chi connectivity index (χ4n) is 1.74. The van der Waals surface area contributed by atoms with E-state index in [-0.39, 0.29) is 5.91 Å². The Morgan fingerprint density at radius 1 is 1.44 bits per heavy atom. The molecule has 0 spiro atoms. The van der Waals surface area contributed by atoms with Gasteiger partial charge in [-0.2, -0.15) is 5.26 Å². The quantitative estimate of drug-likeness (QED) is 0.905. The fourth-order valence-corrected chi connectivity index (χ4v) is 1.91. The van der Waals surface area contributed by atoms with Crippen LogP contribution >= 0.6 is 11.6 Å². The molecule has 18 heavy (non-hydrogen) atoms. The van der Waals surface area contributed by atoms with Crippen molar-refractivity contribution in [1.82, 2.24) is 5.32 Å². The molecule has 0 atom stereocenters. The molecular formula is C14H17ClN2O. The van der Waals surface area contributed by atoms with Gasteiger partial charge in [0.05, 0.1) is 6.07 Å². The van der Waals surface area contributed by atoms with Crippen molar-refractivity contribution < 1.29 is 4.79 Å². The second-order valence-corrected chi connectivity index (χ2v) is 4.75. The third-order valence-corrected chi connectivity index (χ3v) is 3.45. The molecule has 1 rings (SSSR count). The van der Waals surface area contributed by atoms with Crippen LogP contribution in [-0.4, -0.2) is 11.4 Å². The maximum absolute atomic E-state index is 12.2. The van der Waals surface area contributed by atoms with Crippen molar-refractivity contribution in [2.45, 2.75) is 39.2 Å². The van der Waals surface area contributed by atoms with Gasteiger partial charge in [-0.3, -0.25) is 4.79 Å². The molecule has 4 heteroatoms. The first-order chi connectivity index (χ1) is 8.48. The van der Waals surface area contributed by atoms with Gasteiger partial charge in [0.15, 0.2) is 0 Å². The molecule has 1 N–H and O–H groups in total. The summed E-state index contributed by atoms with van der Waals surface area (Å²) in [4.78, 5) is 12.2. The molecular weight excluding hydrogens is 248 g/mol. The summed E-state index contributed by atoms with van der Waals surface area (Å²) < 4.78 is 0. The summed E-state index contributed by atoms with van der Waals surface area (Å²) in [5, 5.41) is 12.5. The number of carbonyl (C=O) groups is 1. The first kappa shape index (κ1) is 14.5. The van der Waals surface area contributed by atoms with Crippen LogP contribution in [0.4, 0.5) is 0 Å². The molecule has 1 amide bonds. The number of benzene rings is 1. The standard InChI is InChI=1S/C14H17ClN2O/c1-4-14(5-2,9-16)17-13(18)12-8-11(15)7-6-10(12)3/h6-8H,4-5H2,1-3H3,(H,17,18). The molecule has 0 saturated carbocycles. The van der Waals surface area contributed by atoms with E-state index in [0.717, 1.165) is 5.56 Å². The van der Waals surface area contributed by atoms with Gasteiger partial charge in [0, 0.05) is 10.6 Å². The lowest BCUT2D eigenvalue weighted by Gasteiger charge is -2.25. The molecule has 96 valence electrons. The number of carbonyl (C=O) groups excluding carboxylic acids is 1. The molecule has 3 nitrogen and oxygen atoms in total. The Kier molecular flexibility index (Phi) is 4.75. The van der Waals surface area contributed by atoms with Gasteiger partial charge in [-0.15, -0.1) is 0 Å². The Balaban J connectivity index is 3.02. The van der Waals surface area contributed by atoms with Gasteiger partial charge < -0.3 is 5.32 Å². The molecule has 0 fully saturated rings. The highest BCUT2D eigenvalue weighted by molar-refractivity contribution is 6.31. The van der Waals surface area contributed by atoms with Crippen molar-refractivity contribution in [2.75, 3.05) is 0 Å². The van der Waals surface area contributed by atoms with Crippen LogP contribution in [0.2, 0.25) is 5.02 Å². The van der Waals surface area contributed by atoms with Crippen molar-refractivity contribution >= 4 is 17.5 Å². The van der Waals surface area contributed by atoms with Gasteiger partial charge >= 0.3 is 0 Å². The third kappa shape index (κ3) is 3.02. The molecule has 0 aromatic heterocycles. The lowest BCUT2D eigenvalue weighted by Crippen LogP contribution is -2.46. The average molecular weight is 265 g/mol. The molecule has 0 unspecified atom stereocenters. The van der Waals surface area contributed by atoms with Crippen LogP contribution in [-0.2, 0) is 0 Å². The van der Waals surface area contributed by atoms with Crippen LogP contribution in [0.25, 0.3) is 0 Å². The maximum atomic E-state index is 12.2. The minimum atomic E-state index is -0.800. The maximum Gasteiger partial charge on any atom is 0.252 e. The Hall–Kier alpha value is -1.53. The monoisotopic (exact) mass is 264 g/mol. The lowest BCUT2D eigenvalue weighted by atomic mass is 9.94. The third-order valence-electron chi connectivity index (χ3n) is 3.22. The summed E-state index contributed by atoms with van der Waals surface area (Å²) in [6.07, 6.45) is 1.15. The number of aryl methyl sites for hydroxylation is 1. The molecule has 1 aromatic rings. The predicted octanol–water partition coefficient (Wildman–Crippen LogP) is 3.46. The summed E-state index contributed by atoms with van der Waals surface area (Å²) in [5.74, 6) is -0.250. The van der Waals surface area contributed by atoms with Crippen molar-refractivity contribution in [1.29, 1.82) is 5.26 Å². The average Bonchev–Trinajstić information content (AvgIpc) is 2.38. The van der Waals surface area contributed by atoms with Crippen molar-refractivity contribution in [2.24, 2.45) is 0 Å². The lowest BCUT2D eigenvalue weighted by molar-refractivity contribution is 0.0915. The first-order valence-electron chi connectivity index (χ1n) is 5.98. The van der Waals surface area contributed by atoms with E-state index in [2.05, 4.69) is 11.4 Å². The topological polar surface area (TPSA) is 52.9 Å². The van der Waals surface area contributed by atoms with E-state index >= 15 is 0 Å². The van der Waals surface area contributed by atoms with E-state index in [0.29, 0.717) is 23.4 Å². The van der Waals surface area contributed by atoms with Crippen LogP contribution in [0, 0.1) is 18.3 Å². The number of hydrogen-bond donors (Lipinski definition) is 1. The number of halogens is 1. The van der Waals surface area contributed by atoms with Crippen LogP contribution in [0.1, 0.15) is 42.6 Å². The molecule has 0 aliphatic rings. The van der Waals surface area contributed by atoms with Crippen LogP contribution in [0.15, 0.2) is 18.2 Å². The number of nitrogens with one attached hydrogen (secondary N) is 1. The van der Waals surface area contributed by atoms with Crippen LogP contribution in [0.5, 0.6) is 0 Å². The number of nitriles is 1. The summed E-state index contributed by atoms with van der Waals surface area (Å²) in [6.45, 7) is 5.62. The fraction of sp³-hybridized carbons (Fsp3) is 0.429. The molecule has 0 saturated heterocycles. The van der Waals surface area contributed by atoms with E-state index in [1.807, 2.05) is 20.8 Å². The van der Waals surface area contributed by atoms with Gasteiger partial charge in [0.2, 0.25) is 0 Å². The van der Waals surface area contributed by atoms with E-state index in [4.69, 9.17) is 11.6 Å². The highest BCUT2D eigenvalue weighted by Crippen LogP contribution is 2.19. The van der Waals surface area contributed by atoms with Crippen molar-refractivity contribution in [3.63, 3.8) is 0 Å². The molecule has 1 aromatic carbocycles. The Morgan fingerprint density at radius 3 is 2.56 bits per heavy atom. The Labute approximate surface area is 113 Å². The SMILES string of the molecule is CCC(C#N)(CC)NC(=O)c1cc(Cl)ccc1C. The minimum absolute atomic E-state index is 0.250. The zero-order valence-electron chi connectivity index (χ0n) is 10.9. The second kappa shape index (κ2) is 5.88. The minimum Gasteiger partial charge on any atom is -0.334 e. The van der Waals surface area contributed by atoms with Gasteiger partial charge in [-0.05, 0) is 37.5 Å². The summed E-state index contributed by atoms with van der Waals surface area (Å²) in [7, 11) is 0. The number of rotatable bonds is 4. The van der Waals surface area contributed by atoms with Crippen LogP contribution < -0.4 is 5.32 Å². The largest absolute Gasteiger partial charge is 0.334 e. The van der Waals surface area contributed by atoms with Gasteiger partial charge in [-0.25, -0.2) is 0 Å². The number of amides is 1. The number of hydrogen-bond acceptors (Lipinski definition) is 2. The molecule has 0 heterocycles. The highest BCUT2D eigenvalue weighted by atomic mass is 35.5. The number of nitrogens with zero attached hydrogens (tertiary/aromatic N) is 1. The molecule has 0 aliphatic carbocycles. The summed E-state index contributed by atoms with van der Waals surface area (Å²) in [5.41, 5.74) is 0.561. The smallest absolute Gasteiger partial charge is 0.252 e. The Morgan fingerprint density at radius 2 is 2.06 bits per heavy atom. The summed E-state index contributed by atoms with van der Waals surface area (Å²) >= 11 is 5.89. The van der Waals surface area contributed by atoms with Crippen molar-refractivity contribution in [3.05, 3.63) is 34.3 Å². The highest BCUT2D eigenvalue weighted by Gasteiger charge is 2.28. The zero-order valence-corrected chi connectivity index (χ0v) is 11.6. The molecule has 0 aliphatic heterocycles. The van der Waals surface area contributed by atoms with Gasteiger partial charge in [-0.1, -0.05) is 31.5 Å². The van der Waals surface area contributed by atoms with Crippen molar-refractivity contribution in [3.8, 4) is 6.07 Å². The van der Waals surface area contributed by atoms with E-state index in [9.17, 15) is 10.1 Å². The zero-order chi connectivity index (χ0) is 13.8. The molecule has 0 radical (unpaired) electrons. The van der Waals surface area contributed by atoms with E-state index in [1.54, 1.807) is 18.2 Å². The van der Waals surface area contributed by atoms with E-state index < -0.39 is 5.54 Å². The first-order valence-corrected chi connectivity index (χ1v) is 6.35. The van der Waals surface area contributed by atoms with Gasteiger partial charge in [0.1, 0.15) is 5.54 Å². The van der Waals surface area contributed by atoms with Crippen LogP contribution in [0.3, 0.4) is 0 Å². The summed E-state index contributed by atoms with van der Waals surface area (Å²) in [6, 6.07) is 7.35. The van der Waals surface area contributed by atoms with E-state index in [1.165, 1.54) is 0 Å². The molecule has 0 bridgehead atoms. The normalized spacial score (nSPS) is 10.8. The second-order valence-electron chi connectivity index (χ2n) is 4.31. The Bertz CT molecular complexity index is 487. The van der Waals surface area contributed by atoms with Gasteiger partial charge in [0.25, 0.3) is 5.91 Å².